The van der Waals surface area contributed by atoms with Crippen LogP contribution in [0.25, 0.3) is 0 Å². The predicted molar refractivity (Wildman–Crippen MR) is 39.7 cm³/mol. The van der Waals surface area contributed by atoms with Crippen molar-refractivity contribution in [1.82, 2.24) is 10.3 Å². The maximum atomic E-state index is 4.87. The summed E-state index contributed by atoms with van der Waals surface area (Å²) in [5, 5.41) is 3.30. The summed E-state index contributed by atoms with van der Waals surface area (Å²) in [5.41, 5.74) is 1.02. The number of hydrogen-bond donors (Lipinski definition) is 1. The smallest absolute Gasteiger partial charge is 0.180 e. The third kappa shape index (κ3) is 1.04. The zero-order valence-corrected chi connectivity index (χ0v) is 6.23. The van der Waals surface area contributed by atoms with Gasteiger partial charge in [-0.15, -0.1) is 11.8 Å². The predicted octanol–water partition coefficient (Wildman–Crippen LogP) is 1.01. The third-order valence-corrected chi connectivity index (χ3v) is 2.46. The first-order valence-electron chi connectivity index (χ1n) is 3.16. The average molecular weight is 156 g/mol. The van der Waals surface area contributed by atoms with Crippen molar-refractivity contribution in [2.75, 3.05) is 11.6 Å². The molecule has 1 aromatic rings. The van der Waals surface area contributed by atoms with E-state index in [2.05, 4.69) is 10.3 Å². The van der Waals surface area contributed by atoms with E-state index in [0.29, 0.717) is 6.04 Å². The molecule has 0 aromatic carbocycles. The summed E-state index contributed by atoms with van der Waals surface area (Å²) in [6.07, 6.45) is 3.17. The minimum absolute atomic E-state index is 0.406. The second-order valence-electron chi connectivity index (χ2n) is 2.19. The lowest BCUT2D eigenvalue weighted by Gasteiger charge is -2.01. The molecule has 54 valence electrons. The van der Waals surface area contributed by atoms with Crippen molar-refractivity contribution >= 4 is 11.8 Å². The Morgan fingerprint density at radius 2 is 2.80 bits per heavy atom. The Morgan fingerprint density at radius 3 is 3.40 bits per heavy atom. The van der Waals surface area contributed by atoms with Crippen molar-refractivity contribution in [3.63, 3.8) is 0 Å². The molecule has 1 aliphatic rings. The minimum Gasteiger partial charge on any atom is -0.451 e. The van der Waals surface area contributed by atoms with E-state index in [1.54, 1.807) is 6.26 Å². The summed E-state index contributed by atoms with van der Waals surface area (Å²) in [6.45, 7) is 0. The van der Waals surface area contributed by atoms with Gasteiger partial charge in [0, 0.05) is 11.6 Å². The van der Waals surface area contributed by atoms with Gasteiger partial charge in [-0.3, -0.25) is 5.32 Å². The van der Waals surface area contributed by atoms with Gasteiger partial charge in [-0.25, -0.2) is 4.98 Å². The van der Waals surface area contributed by atoms with Crippen LogP contribution in [0.2, 0.25) is 0 Å². The van der Waals surface area contributed by atoms with E-state index in [0.717, 1.165) is 17.3 Å². The molecule has 0 bridgehead atoms. The first-order valence-corrected chi connectivity index (χ1v) is 4.31. The van der Waals surface area contributed by atoms with Crippen LogP contribution < -0.4 is 5.32 Å². The van der Waals surface area contributed by atoms with E-state index in [1.807, 2.05) is 11.8 Å². The molecule has 0 unspecified atom stereocenters. The van der Waals surface area contributed by atoms with Gasteiger partial charge in [0.15, 0.2) is 6.39 Å². The Kier molecular flexibility index (Phi) is 1.65. The highest BCUT2D eigenvalue weighted by molar-refractivity contribution is 7.99. The summed E-state index contributed by atoms with van der Waals surface area (Å²) in [7, 11) is 0. The van der Waals surface area contributed by atoms with Crippen LogP contribution in [0.5, 0.6) is 0 Å². The molecule has 1 aliphatic heterocycles. The van der Waals surface area contributed by atoms with Crippen molar-refractivity contribution in [1.29, 1.82) is 0 Å². The number of thioether (sulfide) groups is 1. The molecule has 0 amide bonds. The van der Waals surface area contributed by atoms with Gasteiger partial charge in [-0.1, -0.05) is 0 Å². The second-order valence-corrected chi connectivity index (χ2v) is 3.22. The van der Waals surface area contributed by atoms with Crippen LogP contribution in [0.15, 0.2) is 17.1 Å². The number of nitrogens with zero attached hydrogens (tertiary/aromatic N) is 1. The van der Waals surface area contributed by atoms with Gasteiger partial charge in [0.25, 0.3) is 0 Å². The molecular formula is C6H8N2OS. The Labute approximate surface area is 63.2 Å². The van der Waals surface area contributed by atoms with Gasteiger partial charge in [0.05, 0.1) is 11.7 Å². The Bertz CT molecular complexity index is 194. The zero-order chi connectivity index (χ0) is 6.81. The lowest BCUT2D eigenvalue weighted by atomic mass is 10.3. The van der Waals surface area contributed by atoms with E-state index in [9.17, 15) is 0 Å². The van der Waals surface area contributed by atoms with E-state index in [1.165, 1.54) is 6.39 Å². The first kappa shape index (κ1) is 6.24. The van der Waals surface area contributed by atoms with Crippen LogP contribution in [-0.4, -0.2) is 16.6 Å². The zero-order valence-electron chi connectivity index (χ0n) is 5.41. The average Bonchev–Trinajstić information content (AvgIpc) is 2.59. The van der Waals surface area contributed by atoms with Crippen molar-refractivity contribution in [2.24, 2.45) is 0 Å². The summed E-state index contributed by atoms with van der Waals surface area (Å²) in [4.78, 5) is 4.06. The molecule has 4 heteroatoms. The summed E-state index contributed by atoms with van der Waals surface area (Å²) < 4.78 is 4.87. The number of hydrogen-bond acceptors (Lipinski definition) is 4. The maximum absolute atomic E-state index is 4.87. The molecule has 1 fully saturated rings. The van der Waals surface area contributed by atoms with Gasteiger partial charge >= 0.3 is 0 Å². The van der Waals surface area contributed by atoms with Gasteiger partial charge in [0.2, 0.25) is 0 Å². The summed E-state index contributed by atoms with van der Waals surface area (Å²) >= 11 is 1.89. The topological polar surface area (TPSA) is 38.1 Å². The molecule has 1 N–H and O–H groups in total. The summed E-state index contributed by atoms with van der Waals surface area (Å²) in [6, 6.07) is 0.406. The Balaban J connectivity index is 2.12. The number of oxazole rings is 1. The fraction of sp³-hybridized carbons (Fsp3) is 0.500. The molecule has 3 nitrogen and oxygen atoms in total. The monoisotopic (exact) mass is 156 g/mol. The highest BCUT2D eigenvalue weighted by Crippen LogP contribution is 2.21. The normalized spacial score (nSPS) is 25.4. The quantitative estimate of drug-likeness (QED) is 0.658. The molecule has 1 saturated heterocycles. The van der Waals surface area contributed by atoms with Crippen LogP contribution in [0.4, 0.5) is 0 Å². The lowest BCUT2D eigenvalue weighted by Crippen LogP contribution is -2.14. The molecule has 0 saturated carbocycles. The highest BCUT2D eigenvalue weighted by atomic mass is 32.2. The molecule has 0 spiro atoms. The molecule has 10 heavy (non-hydrogen) atoms. The lowest BCUT2D eigenvalue weighted by molar-refractivity contribution is 0.552. The molecule has 2 rings (SSSR count). The van der Waals surface area contributed by atoms with Crippen LogP contribution in [0.1, 0.15) is 11.7 Å². The second kappa shape index (κ2) is 2.64. The van der Waals surface area contributed by atoms with Crippen LogP contribution in [-0.2, 0) is 0 Å². The molecule has 0 aliphatic carbocycles. The first-order chi connectivity index (χ1) is 4.97. The van der Waals surface area contributed by atoms with Crippen LogP contribution >= 0.6 is 11.8 Å². The molecule has 0 radical (unpaired) electrons. The highest BCUT2D eigenvalue weighted by Gasteiger charge is 2.18. The summed E-state index contributed by atoms with van der Waals surface area (Å²) in [5.74, 6) is 2.13. The van der Waals surface area contributed by atoms with Crippen molar-refractivity contribution in [3.8, 4) is 0 Å². The standard InChI is InChI=1S/C6H8N2OS/c1-5(7-3-9-1)6-2-10-4-8-6/h1,3,6,8H,2,4H2/t6-/m1/s1. The Hall–Kier alpha value is -0.480. The largest absolute Gasteiger partial charge is 0.451 e. The Morgan fingerprint density at radius 1 is 1.80 bits per heavy atom. The third-order valence-electron chi connectivity index (χ3n) is 1.52. The van der Waals surface area contributed by atoms with E-state index in [4.69, 9.17) is 4.42 Å². The van der Waals surface area contributed by atoms with E-state index in [-0.39, 0.29) is 0 Å². The van der Waals surface area contributed by atoms with Crippen LogP contribution in [0, 0.1) is 0 Å². The van der Waals surface area contributed by atoms with E-state index < -0.39 is 0 Å². The van der Waals surface area contributed by atoms with Crippen LogP contribution in [0.3, 0.4) is 0 Å². The number of nitrogens with one attached hydrogen (secondary N) is 1. The van der Waals surface area contributed by atoms with Gasteiger partial charge in [0.1, 0.15) is 6.26 Å². The molecule has 1 aromatic heterocycles. The fourth-order valence-electron chi connectivity index (χ4n) is 0.979. The number of aromatic nitrogens is 1. The van der Waals surface area contributed by atoms with Gasteiger partial charge < -0.3 is 4.42 Å². The van der Waals surface area contributed by atoms with Crippen molar-refractivity contribution < 1.29 is 4.42 Å². The number of rotatable bonds is 1. The fourth-order valence-corrected chi connectivity index (χ4v) is 1.94. The molecule has 2 heterocycles. The maximum Gasteiger partial charge on any atom is 0.180 e. The SMILES string of the molecule is c1nc([C@H]2CSCN2)co1. The van der Waals surface area contributed by atoms with Gasteiger partial charge in [-0.2, -0.15) is 0 Å². The van der Waals surface area contributed by atoms with Gasteiger partial charge in [-0.05, 0) is 0 Å². The molecule has 1 atom stereocenters. The van der Waals surface area contributed by atoms with Crippen molar-refractivity contribution in [2.45, 2.75) is 6.04 Å². The van der Waals surface area contributed by atoms with Crippen molar-refractivity contribution in [3.05, 3.63) is 18.4 Å². The minimum atomic E-state index is 0.406. The molecular weight excluding hydrogens is 148 g/mol. The van der Waals surface area contributed by atoms with E-state index >= 15 is 0 Å².